The van der Waals surface area contributed by atoms with Gasteiger partial charge in [-0.2, -0.15) is 0 Å². The van der Waals surface area contributed by atoms with E-state index in [1.807, 2.05) is 0 Å². The molecule has 0 saturated carbocycles. The van der Waals surface area contributed by atoms with Gasteiger partial charge in [0, 0.05) is 19.3 Å². The number of esters is 3. The van der Waals surface area contributed by atoms with Gasteiger partial charge < -0.3 is 14.2 Å². The molecule has 0 N–H and O–H groups in total. The summed E-state index contributed by atoms with van der Waals surface area (Å²) in [6.45, 7) is 9.05. The van der Waals surface area contributed by atoms with Crippen molar-refractivity contribution in [3.8, 4) is 0 Å². The van der Waals surface area contributed by atoms with E-state index in [1.54, 1.807) is 0 Å². The van der Waals surface area contributed by atoms with Gasteiger partial charge in [0.2, 0.25) is 0 Å². The number of ether oxygens (including phenoxy) is 3. The van der Waals surface area contributed by atoms with Crippen LogP contribution in [0.15, 0.2) is 0 Å². The minimum absolute atomic E-state index is 0.0627. The molecule has 0 aliphatic carbocycles. The molecule has 0 spiro atoms. The first-order valence-corrected chi connectivity index (χ1v) is 26.4. The summed E-state index contributed by atoms with van der Waals surface area (Å²) in [5.74, 6) is 0.0244. The fourth-order valence-electron chi connectivity index (χ4n) is 8.01. The minimum atomic E-state index is -0.761. The molecule has 0 rings (SSSR count). The van der Waals surface area contributed by atoms with Gasteiger partial charge in [-0.3, -0.25) is 14.4 Å². The van der Waals surface area contributed by atoms with Crippen molar-refractivity contribution >= 4 is 17.9 Å². The van der Waals surface area contributed by atoms with Crippen LogP contribution >= 0.6 is 0 Å². The third-order valence-corrected chi connectivity index (χ3v) is 12.4. The van der Waals surface area contributed by atoms with Crippen molar-refractivity contribution in [3.63, 3.8) is 0 Å². The molecular formula is C53H102O6. The molecule has 2 atom stereocenters. The fourth-order valence-corrected chi connectivity index (χ4v) is 8.01. The van der Waals surface area contributed by atoms with Crippen LogP contribution in [0.2, 0.25) is 0 Å². The monoisotopic (exact) mass is 835 g/mol. The molecule has 0 saturated heterocycles. The summed E-state index contributed by atoms with van der Waals surface area (Å²) < 4.78 is 16.8. The molecule has 6 heteroatoms. The van der Waals surface area contributed by atoms with E-state index in [1.165, 1.54) is 193 Å². The number of carbonyl (C=O) groups excluding carboxylic acids is 3. The summed E-state index contributed by atoms with van der Waals surface area (Å²) in [7, 11) is 0. The normalized spacial score (nSPS) is 12.4. The molecule has 59 heavy (non-hydrogen) atoms. The Hall–Kier alpha value is -1.59. The second-order valence-electron chi connectivity index (χ2n) is 18.4. The maximum Gasteiger partial charge on any atom is 0.306 e. The highest BCUT2D eigenvalue weighted by Crippen LogP contribution is 2.18. The number of hydrogen-bond acceptors (Lipinski definition) is 6. The van der Waals surface area contributed by atoms with Crippen LogP contribution in [-0.4, -0.2) is 37.2 Å². The van der Waals surface area contributed by atoms with Crippen LogP contribution in [0.25, 0.3) is 0 Å². The second kappa shape index (κ2) is 47.5. The molecule has 350 valence electrons. The van der Waals surface area contributed by atoms with E-state index in [9.17, 15) is 14.4 Å². The van der Waals surface area contributed by atoms with Crippen molar-refractivity contribution in [3.05, 3.63) is 0 Å². The Balaban J connectivity index is 4.31. The first-order valence-electron chi connectivity index (χ1n) is 26.4. The fraction of sp³-hybridized carbons (Fsp3) is 0.943. The smallest absolute Gasteiger partial charge is 0.306 e. The van der Waals surface area contributed by atoms with Crippen LogP contribution in [0.5, 0.6) is 0 Å². The lowest BCUT2D eigenvalue weighted by Crippen LogP contribution is -2.30. The first kappa shape index (κ1) is 57.4. The molecule has 0 aliphatic rings. The third-order valence-electron chi connectivity index (χ3n) is 12.4. The zero-order chi connectivity index (χ0) is 43.1. The standard InChI is InChI=1S/C53H102O6/c1-5-8-10-12-14-16-18-20-21-22-24-29-33-37-41-45-52(55)58-48-50(47-57-51(54)44-40-36-32-28-23-19-17-15-13-11-9-6-2)59-53(56)46-42-38-34-30-26-25-27-31-35-39-43-49(4)7-3/h49-50H,5-48H2,1-4H3/t49?,50-/m1/s1. The Morgan fingerprint density at radius 2 is 0.593 bits per heavy atom. The molecule has 0 bridgehead atoms. The van der Waals surface area contributed by atoms with E-state index < -0.39 is 6.10 Å². The molecule has 0 aromatic rings. The van der Waals surface area contributed by atoms with Gasteiger partial charge in [-0.15, -0.1) is 0 Å². The van der Waals surface area contributed by atoms with Crippen LogP contribution in [0, 0.1) is 5.92 Å². The Bertz CT molecular complexity index is 889. The van der Waals surface area contributed by atoms with Crippen LogP contribution in [0.1, 0.15) is 297 Å². The van der Waals surface area contributed by atoms with Gasteiger partial charge in [0.05, 0.1) is 0 Å². The van der Waals surface area contributed by atoms with Gasteiger partial charge >= 0.3 is 17.9 Å². The van der Waals surface area contributed by atoms with Gasteiger partial charge in [0.1, 0.15) is 13.2 Å². The van der Waals surface area contributed by atoms with Crippen LogP contribution in [-0.2, 0) is 28.6 Å². The highest BCUT2D eigenvalue weighted by Gasteiger charge is 2.19. The highest BCUT2D eigenvalue weighted by atomic mass is 16.6. The number of hydrogen-bond donors (Lipinski definition) is 0. The van der Waals surface area contributed by atoms with E-state index in [2.05, 4.69) is 27.7 Å². The summed E-state index contributed by atoms with van der Waals surface area (Å²) >= 11 is 0. The predicted octanol–water partition coefficient (Wildman–Crippen LogP) is 17.1. The molecule has 0 amide bonds. The number of unbranched alkanes of at least 4 members (excludes halogenated alkanes) is 34. The molecular weight excluding hydrogens is 733 g/mol. The molecule has 0 aromatic carbocycles. The average molecular weight is 835 g/mol. The van der Waals surface area contributed by atoms with E-state index >= 15 is 0 Å². The van der Waals surface area contributed by atoms with E-state index in [-0.39, 0.29) is 31.1 Å². The molecule has 1 unspecified atom stereocenters. The van der Waals surface area contributed by atoms with Crippen LogP contribution in [0.3, 0.4) is 0 Å². The van der Waals surface area contributed by atoms with Crippen LogP contribution < -0.4 is 0 Å². The Kier molecular flexibility index (Phi) is 46.2. The van der Waals surface area contributed by atoms with Crippen molar-refractivity contribution in [1.29, 1.82) is 0 Å². The number of rotatable bonds is 48. The molecule has 0 aromatic heterocycles. The Labute approximate surface area is 368 Å². The zero-order valence-corrected chi connectivity index (χ0v) is 40.2. The lowest BCUT2D eigenvalue weighted by atomic mass is 9.99. The molecule has 0 heterocycles. The van der Waals surface area contributed by atoms with E-state index in [0.717, 1.165) is 63.7 Å². The SMILES string of the molecule is CCCCCCCCCCCCCCCCCC(=O)OC[C@@H](COC(=O)CCCCCCCCCCCCCC)OC(=O)CCCCCCCCCCCCC(C)CC. The van der Waals surface area contributed by atoms with Crippen molar-refractivity contribution < 1.29 is 28.6 Å². The van der Waals surface area contributed by atoms with Gasteiger partial charge in [0.15, 0.2) is 6.10 Å². The van der Waals surface area contributed by atoms with Gasteiger partial charge in [-0.05, 0) is 25.2 Å². The maximum absolute atomic E-state index is 12.8. The van der Waals surface area contributed by atoms with E-state index in [0.29, 0.717) is 19.3 Å². The summed E-state index contributed by atoms with van der Waals surface area (Å²) in [6.07, 6.45) is 49.3. The predicted molar refractivity (Wildman–Crippen MR) is 252 cm³/mol. The number of carbonyl (C=O) groups is 3. The summed E-state index contributed by atoms with van der Waals surface area (Å²) in [6, 6.07) is 0. The molecule has 6 nitrogen and oxygen atoms in total. The lowest BCUT2D eigenvalue weighted by molar-refractivity contribution is -0.167. The van der Waals surface area contributed by atoms with Gasteiger partial charge in [0.25, 0.3) is 0 Å². The van der Waals surface area contributed by atoms with Crippen molar-refractivity contribution in [2.75, 3.05) is 13.2 Å². The molecule has 0 fully saturated rings. The van der Waals surface area contributed by atoms with Crippen molar-refractivity contribution in [1.82, 2.24) is 0 Å². The summed E-state index contributed by atoms with van der Waals surface area (Å²) in [4.78, 5) is 38.0. The average Bonchev–Trinajstić information content (AvgIpc) is 3.23. The van der Waals surface area contributed by atoms with E-state index in [4.69, 9.17) is 14.2 Å². The summed E-state index contributed by atoms with van der Waals surface area (Å²) in [5, 5.41) is 0. The topological polar surface area (TPSA) is 78.9 Å². The third kappa shape index (κ3) is 45.8. The zero-order valence-electron chi connectivity index (χ0n) is 40.2. The van der Waals surface area contributed by atoms with Gasteiger partial charge in [-0.25, -0.2) is 0 Å². The largest absolute Gasteiger partial charge is 0.462 e. The highest BCUT2D eigenvalue weighted by molar-refractivity contribution is 5.71. The second-order valence-corrected chi connectivity index (χ2v) is 18.4. The Morgan fingerprint density at radius 1 is 0.339 bits per heavy atom. The maximum atomic E-state index is 12.8. The molecule has 0 aliphatic heterocycles. The molecule has 0 radical (unpaired) electrons. The quantitative estimate of drug-likeness (QED) is 0.0345. The lowest BCUT2D eigenvalue weighted by Gasteiger charge is -2.18. The first-order chi connectivity index (χ1) is 28.9. The Morgan fingerprint density at radius 3 is 0.881 bits per heavy atom. The summed E-state index contributed by atoms with van der Waals surface area (Å²) in [5.41, 5.74) is 0. The van der Waals surface area contributed by atoms with Crippen molar-refractivity contribution in [2.24, 2.45) is 5.92 Å². The van der Waals surface area contributed by atoms with Crippen molar-refractivity contribution in [2.45, 2.75) is 303 Å². The minimum Gasteiger partial charge on any atom is -0.462 e. The van der Waals surface area contributed by atoms with Gasteiger partial charge in [-0.1, -0.05) is 259 Å². The van der Waals surface area contributed by atoms with Crippen LogP contribution in [0.4, 0.5) is 0 Å².